The number of rotatable bonds is 11. The van der Waals surface area contributed by atoms with Crippen LogP contribution in [0.25, 0.3) is 0 Å². The molecule has 2 rings (SSSR count). The maximum Gasteiger partial charge on any atom is -0.0103 e. The van der Waals surface area contributed by atoms with E-state index in [1.54, 1.807) is 44.5 Å². The first-order valence-corrected chi connectivity index (χ1v) is 13.4. The molecular formula is C32H50. The number of hydrogen-bond donors (Lipinski definition) is 0. The van der Waals surface area contributed by atoms with Crippen molar-refractivity contribution in [3.63, 3.8) is 0 Å². The molecule has 178 valence electrons. The summed E-state index contributed by atoms with van der Waals surface area (Å²) in [5.74, 6) is 0. The van der Waals surface area contributed by atoms with Crippen LogP contribution in [0.15, 0.2) is 24.3 Å². The van der Waals surface area contributed by atoms with E-state index in [4.69, 9.17) is 0 Å². The van der Waals surface area contributed by atoms with Gasteiger partial charge in [0.1, 0.15) is 0 Å². The van der Waals surface area contributed by atoms with Crippen molar-refractivity contribution in [1.82, 2.24) is 0 Å². The van der Waals surface area contributed by atoms with E-state index in [-0.39, 0.29) is 10.8 Å². The highest BCUT2D eigenvalue weighted by Crippen LogP contribution is 2.35. The van der Waals surface area contributed by atoms with Crippen molar-refractivity contribution in [2.24, 2.45) is 0 Å². The predicted octanol–water partition coefficient (Wildman–Crippen LogP) is 9.10. The predicted molar refractivity (Wildman–Crippen MR) is 144 cm³/mol. The largest absolute Gasteiger partial charge is 0.0646 e. The van der Waals surface area contributed by atoms with Crippen molar-refractivity contribution in [2.45, 2.75) is 131 Å². The zero-order valence-corrected chi connectivity index (χ0v) is 23.0. The van der Waals surface area contributed by atoms with Crippen molar-refractivity contribution in [1.29, 1.82) is 0 Å². The molecule has 0 bridgehead atoms. The first-order chi connectivity index (χ1) is 15.1. The fourth-order valence-corrected chi connectivity index (χ4v) is 5.10. The van der Waals surface area contributed by atoms with Gasteiger partial charge in [0.15, 0.2) is 0 Å². The summed E-state index contributed by atoms with van der Waals surface area (Å²) < 4.78 is 0. The molecule has 0 spiro atoms. The second-order valence-corrected chi connectivity index (χ2v) is 10.9. The highest BCUT2D eigenvalue weighted by molar-refractivity contribution is 5.45. The Balaban J connectivity index is 2.45. The zero-order chi connectivity index (χ0) is 24.1. The highest BCUT2D eigenvalue weighted by atomic mass is 14.3. The Morgan fingerprint density at radius 1 is 0.438 bits per heavy atom. The molecule has 0 aromatic heterocycles. The fraction of sp³-hybridized carbons (Fsp3) is 0.625. The molecule has 0 aliphatic rings. The third kappa shape index (κ3) is 5.67. The molecule has 0 amide bonds. The Morgan fingerprint density at radius 2 is 0.750 bits per heavy atom. The van der Waals surface area contributed by atoms with Crippen LogP contribution in [0.1, 0.15) is 127 Å². The monoisotopic (exact) mass is 434 g/mol. The van der Waals surface area contributed by atoms with Crippen LogP contribution >= 0.6 is 0 Å². The van der Waals surface area contributed by atoms with Crippen LogP contribution in [0.4, 0.5) is 0 Å². The molecule has 0 heteroatoms. The van der Waals surface area contributed by atoms with Crippen molar-refractivity contribution >= 4 is 0 Å². The molecule has 0 unspecified atom stereocenters. The van der Waals surface area contributed by atoms with E-state index in [0.717, 1.165) is 38.5 Å². The lowest BCUT2D eigenvalue weighted by Gasteiger charge is -2.29. The lowest BCUT2D eigenvalue weighted by molar-refractivity contribution is 0.500. The standard InChI is InChI=1S/C32H50/c1-11-23-21-29(31(7,8)15-5)25(13-3)19-27(23)17-18-28-20-26(14-4)30(22-24(28)12-2)32(9,10)16-6/h19-22H,11-18H2,1-10H3. The summed E-state index contributed by atoms with van der Waals surface area (Å²) in [6.07, 6.45) is 9.15. The minimum Gasteiger partial charge on any atom is -0.0646 e. The summed E-state index contributed by atoms with van der Waals surface area (Å²) in [6, 6.07) is 10.2. The molecule has 0 nitrogen and oxygen atoms in total. The molecule has 0 aliphatic heterocycles. The van der Waals surface area contributed by atoms with Crippen molar-refractivity contribution in [3.05, 3.63) is 68.8 Å². The summed E-state index contributed by atoms with van der Waals surface area (Å²) in [5.41, 5.74) is 13.0. The van der Waals surface area contributed by atoms with Gasteiger partial charge in [0.25, 0.3) is 0 Å². The Bertz CT molecular complexity index is 819. The zero-order valence-electron chi connectivity index (χ0n) is 23.0. The Hall–Kier alpha value is -1.56. The van der Waals surface area contributed by atoms with Crippen LogP contribution in [-0.2, 0) is 49.4 Å². The molecule has 32 heavy (non-hydrogen) atoms. The van der Waals surface area contributed by atoms with Gasteiger partial charge in [-0.1, -0.05) is 93.5 Å². The lowest BCUT2D eigenvalue weighted by Crippen LogP contribution is -2.19. The number of aryl methyl sites for hydroxylation is 6. The minimum absolute atomic E-state index is 0.251. The SMILES string of the molecule is CCc1cc(C(C)(C)CC)c(CC)cc1CCc1cc(CC)c(C(C)(C)CC)cc1CC. The smallest absolute Gasteiger partial charge is 0.0103 e. The second kappa shape index (κ2) is 11.0. The van der Waals surface area contributed by atoms with Gasteiger partial charge in [-0.05, 0) is 107 Å². The third-order valence-corrected chi connectivity index (χ3v) is 8.26. The van der Waals surface area contributed by atoms with Crippen LogP contribution in [0.3, 0.4) is 0 Å². The van der Waals surface area contributed by atoms with Gasteiger partial charge in [-0.15, -0.1) is 0 Å². The minimum atomic E-state index is 0.251. The summed E-state index contributed by atoms with van der Waals surface area (Å²) in [5, 5.41) is 0. The molecular weight excluding hydrogens is 384 g/mol. The van der Waals surface area contributed by atoms with Crippen molar-refractivity contribution in [2.75, 3.05) is 0 Å². The molecule has 0 aliphatic carbocycles. The third-order valence-electron chi connectivity index (χ3n) is 8.26. The lowest BCUT2D eigenvalue weighted by atomic mass is 9.76. The van der Waals surface area contributed by atoms with E-state index in [1.807, 2.05) is 0 Å². The van der Waals surface area contributed by atoms with Crippen LogP contribution in [0, 0.1) is 0 Å². The van der Waals surface area contributed by atoms with Crippen molar-refractivity contribution < 1.29 is 0 Å². The van der Waals surface area contributed by atoms with Crippen LogP contribution in [-0.4, -0.2) is 0 Å². The van der Waals surface area contributed by atoms with Gasteiger partial charge in [-0.2, -0.15) is 0 Å². The van der Waals surface area contributed by atoms with E-state index >= 15 is 0 Å². The normalized spacial score (nSPS) is 12.4. The molecule has 0 saturated heterocycles. The molecule has 0 atom stereocenters. The number of hydrogen-bond acceptors (Lipinski definition) is 0. The van der Waals surface area contributed by atoms with Gasteiger partial charge < -0.3 is 0 Å². The van der Waals surface area contributed by atoms with Gasteiger partial charge >= 0.3 is 0 Å². The van der Waals surface area contributed by atoms with E-state index in [9.17, 15) is 0 Å². The second-order valence-electron chi connectivity index (χ2n) is 10.9. The maximum absolute atomic E-state index is 2.55. The highest BCUT2D eigenvalue weighted by Gasteiger charge is 2.24. The van der Waals surface area contributed by atoms with E-state index < -0.39 is 0 Å². The molecule has 0 radical (unpaired) electrons. The Labute approximate surface area is 200 Å². The molecule has 0 fully saturated rings. The summed E-state index contributed by atoms with van der Waals surface area (Å²) in [7, 11) is 0. The molecule has 2 aromatic rings. The van der Waals surface area contributed by atoms with Gasteiger partial charge in [0.05, 0.1) is 0 Å². The first-order valence-electron chi connectivity index (χ1n) is 13.4. The Morgan fingerprint density at radius 3 is 1.00 bits per heavy atom. The topological polar surface area (TPSA) is 0 Å². The summed E-state index contributed by atoms with van der Waals surface area (Å²) >= 11 is 0. The molecule has 0 heterocycles. The van der Waals surface area contributed by atoms with E-state index in [1.165, 1.54) is 12.8 Å². The van der Waals surface area contributed by atoms with E-state index in [0.29, 0.717) is 0 Å². The fourth-order valence-electron chi connectivity index (χ4n) is 5.10. The molecule has 0 N–H and O–H groups in total. The molecule has 2 aromatic carbocycles. The molecule has 0 saturated carbocycles. The van der Waals surface area contributed by atoms with Crippen LogP contribution in [0.5, 0.6) is 0 Å². The van der Waals surface area contributed by atoms with Crippen molar-refractivity contribution in [3.8, 4) is 0 Å². The van der Waals surface area contributed by atoms with E-state index in [2.05, 4.69) is 93.5 Å². The van der Waals surface area contributed by atoms with Crippen LogP contribution in [0.2, 0.25) is 0 Å². The van der Waals surface area contributed by atoms with Gasteiger partial charge in [-0.25, -0.2) is 0 Å². The maximum atomic E-state index is 2.55. The average Bonchev–Trinajstić information content (AvgIpc) is 2.81. The average molecular weight is 435 g/mol. The van der Waals surface area contributed by atoms with Gasteiger partial charge in [0, 0.05) is 0 Å². The van der Waals surface area contributed by atoms with Gasteiger partial charge in [-0.3, -0.25) is 0 Å². The quantitative estimate of drug-likeness (QED) is 0.331. The Kier molecular flexibility index (Phi) is 9.21. The summed E-state index contributed by atoms with van der Waals surface area (Å²) in [4.78, 5) is 0. The summed E-state index contributed by atoms with van der Waals surface area (Å²) in [6.45, 7) is 23.5. The number of benzene rings is 2. The van der Waals surface area contributed by atoms with Crippen LogP contribution < -0.4 is 0 Å². The first kappa shape index (κ1) is 26.7. The van der Waals surface area contributed by atoms with Gasteiger partial charge in [0.2, 0.25) is 0 Å².